The summed E-state index contributed by atoms with van der Waals surface area (Å²) in [5, 5.41) is 1.46. The Labute approximate surface area is 103 Å². The Balaban J connectivity index is 2.09. The smallest absolute Gasteiger partial charge is 0.271 e. The number of hydroxylamine groups is 2. The van der Waals surface area contributed by atoms with Gasteiger partial charge in [-0.3, -0.25) is 9.63 Å². The maximum atomic E-state index is 11.9. The molecule has 1 fully saturated rings. The number of hydrogen-bond acceptors (Lipinski definition) is 2. The summed E-state index contributed by atoms with van der Waals surface area (Å²) >= 11 is 2.22. The summed E-state index contributed by atoms with van der Waals surface area (Å²) in [6.45, 7) is 1.35. The molecule has 80 valence electrons. The third-order valence-electron chi connectivity index (χ3n) is 2.32. The molecule has 1 aliphatic heterocycles. The number of carbonyl (C=O) groups is 1. The van der Waals surface area contributed by atoms with E-state index in [0.29, 0.717) is 18.7 Å². The van der Waals surface area contributed by atoms with E-state index >= 15 is 0 Å². The van der Waals surface area contributed by atoms with E-state index < -0.39 is 0 Å². The van der Waals surface area contributed by atoms with E-state index in [1.165, 1.54) is 5.06 Å². The minimum Gasteiger partial charge on any atom is -0.271 e. The number of amides is 1. The lowest BCUT2D eigenvalue weighted by Crippen LogP contribution is -2.35. The highest BCUT2D eigenvalue weighted by Crippen LogP contribution is 2.13. The summed E-state index contributed by atoms with van der Waals surface area (Å²) in [6.07, 6.45) is 2.06. The first-order chi connectivity index (χ1) is 7.27. The van der Waals surface area contributed by atoms with Gasteiger partial charge in [-0.1, -0.05) is 0 Å². The van der Waals surface area contributed by atoms with E-state index in [1.54, 1.807) is 0 Å². The standard InChI is InChI=1S/C11H12INO2/c12-10-5-3-9(4-6-10)11(14)13-7-1-2-8-15-13/h3-6H,1-2,7-8H2. The lowest BCUT2D eigenvalue weighted by molar-refractivity contribution is -0.144. The molecule has 1 aliphatic rings. The van der Waals surface area contributed by atoms with Gasteiger partial charge in [0, 0.05) is 15.7 Å². The molecule has 0 bridgehead atoms. The van der Waals surface area contributed by atoms with Gasteiger partial charge in [0.25, 0.3) is 5.91 Å². The Morgan fingerprint density at radius 3 is 2.60 bits per heavy atom. The topological polar surface area (TPSA) is 29.5 Å². The quantitative estimate of drug-likeness (QED) is 0.745. The SMILES string of the molecule is O=C(c1ccc(I)cc1)N1CCCCO1. The number of halogens is 1. The van der Waals surface area contributed by atoms with Gasteiger partial charge in [0.15, 0.2) is 0 Å². The van der Waals surface area contributed by atoms with Crippen molar-refractivity contribution < 1.29 is 9.63 Å². The van der Waals surface area contributed by atoms with Crippen LogP contribution >= 0.6 is 22.6 Å². The van der Waals surface area contributed by atoms with Gasteiger partial charge in [0.1, 0.15) is 0 Å². The lowest BCUT2D eigenvalue weighted by Gasteiger charge is -2.25. The molecule has 0 radical (unpaired) electrons. The second-order valence-corrected chi connectivity index (χ2v) is 4.70. The molecule has 1 aromatic rings. The van der Waals surface area contributed by atoms with Crippen LogP contribution < -0.4 is 0 Å². The number of benzene rings is 1. The molecule has 2 rings (SSSR count). The van der Waals surface area contributed by atoms with Gasteiger partial charge in [-0.25, -0.2) is 5.06 Å². The predicted molar refractivity (Wildman–Crippen MR) is 65.4 cm³/mol. The highest BCUT2D eigenvalue weighted by molar-refractivity contribution is 14.1. The van der Waals surface area contributed by atoms with E-state index in [9.17, 15) is 4.79 Å². The molecule has 4 heteroatoms. The zero-order valence-electron chi connectivity index (χ0n) is 8.28. The summed E-state index contributed by atoms with van der Waals surface area (Å²) < 4.78 is 1.13. The van der Waals surface area contributed by atoms with Crippen LogP contribution in [0.1, 0.15) is 23.2 Å². The maximum Gasteiger partial charge on any atom is 0.277 e. The molecule has 1 saturated heterocycles. The molecule has 0 spiro atoms. The third kappa shape index (κ3) is 2.69. The Hall–Kier alpha value is -0.620. The molecule has 15 heavy (non-hydrogen) atoms. The van der Waals surface area contributed by atoms with Crippen LogP contribution in [-0.2, 0) is 4.84 Å². The first kappa shape index (κ1) is 10.9. The van der Waals surface area contributed by atoms with Crippen LogP contribution in [-0.4, -0.2) is 24.1 Å². The van der Waals surface area contributed by atoms with Crippen LogP contribution in [0.5, 0.6) is 0 Å². The van der Waals surface area contributed by atoms with Gasteiger partial charge >= 0.3 is 0 Å². The summed E-state index contributed by atoms with van der Waals surface area (Å²) in [5.41, 5.74) is 0.692. The minimum atomic E-state index is -0.0360. The minimum absolute atomic E-state index is 0.0360. The molecule has 0 aromatic heterocycles. The van der Waals surface area contributed by atoms with E-state index in [0.717, 1.165) is 16.4 Å². The van der Waals surface area contributed by atoms with Gasteiger partial charge in [-0.05, 0) is 59.7 Å². The Kier molecular flexibility index (Phi) is 3.58. The van der Waals surface area contributed by atoms with Crippen molar-refractivity contribution in [2.75, 3.05) is 13.2 Å². The fourth-order valence-electron chi connectivity index (χ4n) is 1.49. The molecule has 0 saturated carbocycles. The second-order valence-electron chi connectivity index (χ2n) is 3.45. The fraction of sp³-hybridized carbons (Fsp3) is 0.364. The van der Waals surface area contributed by atoms with Crippen molar-refractivity contribution in [1.29, 1.82) is 0 Å². The van der Waals surface area contributed by atoms with Crippen LogP contribution in [0.4, 0.5) is 0 Å². The maximum absolute atomic E-state index is 11.9. The van der Waals surface area contributed by atoms with Crippen LogP contribution in [0.25, 0.3) is 0 Å². The van der Waals surface area contributed by atoms with Crippen LogP contribution in [0, 0.1) is 3.57 Å². The van der Waals surface area contributed by atoms with E-state index in [2.05, 4.69) is 22.6 Å². The third-order valence-corrected chi connectivity index (χ3v) is 3.04. The highest BCUT2D eigenvalue weighted by atomic mass is 127. The lowest BCUT2D eigenvalue weighted by atomic mass is 10.2. The van der Waals surface area contributed by atoms with Gasteiger partial charge in [-0.2, -0.15) is 0 Å². The van der Waals surface area contributed by atoms with Gasteiger partial charge in [0.05, 0.1) is 6.61 Å². The molecular weight excluding hydrogens is 305 g/mol. The largest absolute Gasteiger partial charge is 0.277 e. The van der Waals surface area contributed by atoms with E-state index in [1.807, 2.05) is 24.3 Å². The van der Waals surface area contributed by atoms with Crippen molar-refractivity contribution in [2.45, 2.75) is 12.8 Å². The first-order valence-corrected chi connectivity index (χ1v) is 6.05. The highest BCUT2D eigenvalue weighted by Gasteiger charge is 2.18. The van der Waals surface area contributed by atoms with Crippen molar-refractivity contribution in [2.24, 2.45) is 0 Å². The van der Waals surface area contributed by atoms with Crippen molar-refractivity contribution >= 4 is 28.5 Å². The average molecular weight is 317 g/mol. The zero-order valence-corrected chi connectivity index (χ0v) is 10.4. The summed E-state index contributed by atoms with van der Waals surface area (Å²) in [6, 6.07) is 7.53. The second kappa shape index (κ2) is 4.94. The van der Waals surface area contributed by atoms with Gasteiger partial charge in [-0.15, -0.1) is 0 Å². The monoisotopic (exact) mass is 317 g/mol. The average Bonchev–Trinajstić information content (AvgIpc) is 2.30. The van der Waals surface area contributed by atoms with Crippen molar-refractivity contribution in [1.82, 2.24) is 5.06 Å². The predicted octanol–water partition coefficient (Wildman–Crippen LogP) is 2.46. The van der Waals surface area contributed by atoms with Crippen molar-refractivity contribution in [3.63, 3.8) is 0 Å². The number of nitrogens with zero attached hydrogens (tertiary/aromatic N) is 1. The van der Waals surface area contributed by atoms with Crippen molar-refractivity contribution in [3.8, 4) is 0 Å². The molecule has 0 N–H and O–H groups in total. The fourth-order valence-corrected chi connectivity index (χ4v) is 1.85. The van der Waals surface area contributed by atoms with Crippen LogP contribution in [0.15, 0.2) is 24.3 Å². The van der Waals surface area contributed by atoms with E-state index in [4.69, 9.17) is 4.84 Å². The van der Waals surface area contributed by atoms with Crippen LogP contribution in [0.2, 0.25) is 0 Å². The molecule has 1 heterocycles. The molecule has 0 atom stereocenters. The number of hydrogen-bond donors (Lipinski definition) is 0. The Morgan fingerprint density at radius 2 is 2.00 bits per heavy atom. The molecule has 1 amide bonds. The normalized spacial score (nSPS) is 16.5. The molecule has 0 aliphatic carbocycles. The van der Waals surface area contributed by atoms with Gasteiger partial charge in [0.2, 0.25) is 0 Å². The first-order valence-electron chi connectivity index (χ1n) is 4.98. The van der Waals surface area contributed by atoms with E-state index in [-0.39, 0.29) is 5.91 Å². The van der Waals surface area contributed by atoms with Gasteiger partial charge < -0.3 is 0 Å². The Bertz CT molecular complexity index is 344. The van der Waals surface area contributed by atoms with Crippen LogP contribution in [0.3, 0.4) is 0 Å². The zero-order chi connectivity index (χ0) is 10.7. The molecule has 1 aromatic carbocycles. The van der Waals surface area contributed by atoms with Crippen molar-refractivity contribution in [3.05, 3.63) is 33.4 Å². The summed E-state index contributed by atoms with van der Waals surface area (Å²) in [7, 11) is 0. The number of carbonyl (C=O) groups excluding carboxylic acids is 1. The Morgan fingerprint density at radius 1 is 1.27 bits per heavy atom. The molecule has 3 nitrogen and oxygen atoms in total. The summed E-state index contributed by atoms with van der Waals surface area (Å²) in [5.74, 6) is -0.0360. The summed E-state index contributed by atoms with van der Waals surface area (Å²) in [4.78, 5) is 17.2. The molecule has 0 unspecified atom stereocenters. The number of rotatable bonds is 1. The molecular formula is C11H12INO2.